The molecule has 0 radical (unpaired) electrons. The maximum absolute atomic E-state index is 13.0. The Hall–Kier alpha value is -3.61. The predicted molar refractivity (Wildman–Crippen MR) is 110 cm³/mol. The highest BCUT2D eigenvalue weighted by Gasteiger charge is 2.31. The number of benzene rings is 3. The summed E-state index contributed by atoms with van der Waals surface area (Å²) in [5, 5.41) is 4.90. The number of anilines is 2. The van der Waals surface area contributed by atoms with Crippen molar-refractivity contribution in [1.82, 2.24) is 0 Å². The van der Waals surface area contributed by atoms with Gasteiger partial charge < -0.3 is 10.6 Å². The molecule has 0 unspecified atom stereocenters. The molecule has 2 N–H and O–H groups in total. The number of hydrogen-bond donors (Lipinski definition) is 2. The van der Waals surface area contributed by atoms with E-state index >= 15 is 0 Å². The fraction of sp³-hybridized carbons (Fsp3) is 0.130. The van der Waals surface area contributed by atoms with E-state index < -0.39 is 23.6 Å². The lowest BCUT2D eigenvalue weighted by Gasteiger charge is -2.15. The smallest absolute Gasteiger partial charge is 0.325 e. The summed E-state index contributed by atoms with van der Waals surface area (Å²) in [4.78, 5) is 23.8. The van der Waals surface area contributed by atoms with Crippen molar-refractivity contribution in [2.75, 3.05) is 10.6 Å². The molecule has 0 heterocycles. The van der Waals surface area contributed by atoms with Crippen LogP contribution in [0.15, 0.2) is 72.8 Å². The van der Waals surface area contributed by atoms with Gasteiger partial charge in [0, 0.05) is 6.92 Å². The molecule has 0 saturated heterocycles. The van der Waals surface area contributed by atoms with Gasteiger partial charge in [0.15, 0.2) is 0 Å². The first-order chi connectivity index (χ1) is 14.2. The van der Waals surface area contributed by atoms with E-state index in [-0.39, 0.29) is 17.8 Å². The number of halogens is 3. The van der Waals surface area contributed by atoms with Crippen LogP contribution in [0.4, 0.5) is 24.5 Å². The molecule has 0 aliphatic rings. The highest BCUT2D eigenvalue weighted by Crippen LogP contribution is 2.34. The topological polar surface area (TPSA) is 58.2 Å². The second-order valence-electron chi connectivity index (χ2n) is 6.73. The minimum absolute atomic E-state index is 0.0230. The molecular formula is C23H19F3N2O2. The molecule has 154 valence electrons. The van der Waals surface area contributed by atoms with Crippen LogP contribution in [0.25, 0.3) is 11.1 Å². The molecule has 7 heteroatoms. The van der Waals surface area contributed by atoms with Crippen molar-refractivity contribution < 1.29 is 22.8 Å². The maximum atomic E-state index is 13.0. The SMILES string of the molecule is CC(=O)Nc1ccc(C(F)(F)F)cc1NC(=O)Cc1ccc(-c2ccccc2)cc1. The molecule has 0 atom stereocenters. The Morgan fingerprint density at radius 1 is 0.800 bits per heavy atom. The van der Waals surface area contributed by atoms with Crippen LogP contribution in [0.3, 0.4) is 0 Å². The highest BCUT2D eigenvalue weighted by atomic mass is 19.4. The van der Waals surface area contributed by atoms with Crippen LogP contribution in [-0.2, 0) is 22.2 Å². The molecule has 0 saturated carbocycles. The van der Waals surface area contributed by atoms with Gasteiger partial charge in [-0.2, -0.15) is 13.2 Å². The Balaban J connectivity index is 1.75. The van der Waals surface area contributed by atoms with Gasteiger partial charge in [0.2, 0.25) is 11.8 Å². The predicted octanol–water partition coefficient (Wildman–Crippen LogP) is 5.51. The lowest BCUT2D eigenvalue weighted by molar-refractivity contribution is -0.137. The number of hydrogen-bond acceptors (Lipinski definition) is 2. The zero-order chi connectivity index (χ0) is 21.7. The molecule has 3 aromatic rings. The Kier molecular flexibility index (Phi) is 6.20. The fourth-order valence-corrected chi connectivity index (χ4v) is 2.95. The summed E-state index contributed by atoms with van der Waals surface area (Å²) < 4.78 is 39.1. The minimum Gasteiger partial charge on any atom is -0.325 e. The molecule has 0 aromatic heterocycles. The first-order valence-corrected chi connectivity index (χ1v) is 9.15. The van der Waals surface area contributed by atoms with Gasteiger partial charge in [0.1, 0.15) is 0 Å². The first kappa shape index (κ1) is 21.1. The molecule has 0 aliphatic carbocycles. The van der Waals surface area contributed by atoms with Gasteiger partial charge in [-0.05, 0) is 34.9 Å². The van der Waals surface area contributed by atoms with Gasteiger partial charge in [-0.25, -0.2) is 0 Å². The van der Waals surface area contributed by atoms with Gasteiger partial charge in [-0.15, -0.1) is 0 Å². The molecule has 0 fully saturated rings. The summed E-state index contributed by atoms with van der Waals surface area (Å²) in [6.07, 6.45) is -4.59. The van der Waals surface area contributed by atoms with Gasteiger partial charge in [-0.1, -0.05) is 54.6 Å². The van der Waals surface area contributed by atoms with Crippen molar-refractivity contribution in [2.24, 2.45) is 0 Å². The molecular weight excluding hydrogens is 393 g/mol. The van der Waals surface area contributed by atoms with Crippen LogP contribution in [0.1, 0.15) is 18.1 Å². The van der Waals surface area contributed by atoms with E-state index in [1.165, 1.54) is 6.92 Å². The third-order valence-electron chi connectivity index (χ3n) is 4.36. The molecule has 30 heavy (non-hydrogen) atoms. The molecule has 0 spiro atoms. The molecule has 3 rings (SSSR count). The van der Waals surface area contributed by atoms with Crippen molar-refractivity contribution in [3.05, 3.63) is 83.9 Å². The van der Waals surface area contributed by atoms with Gasteiger partial charge >= 0.3 is 6.18 Å². The van der Waals surface area contributed by atoms with Gasteiger partial charge in [0.25, 0.3) is 0 Å². The number of carbonyl (C=O) groups excluding carboxylic acids is 2. The third kappa shape index (κ3) is 5.47. The Morgan fingerprint density at radius 3 is 2.03 bits per heavy atom. The summed E-state index contributed by atoms with van der Waals surface area (Å²) in [5.41, 5.74) is 1.82. The zero-order valence-corrected chi connectivity index (χ0v) is 16.1. The second kappa shape index (κ2) is 8.82. The van der Waals surface area contributed by atoms with E-state index in [4.69, 9.17) is 0 Å². The van der Waals surface area contributed by atoms with Gasteiger partial charge in [0.05, 0.1) is 23.4 Å². The summed E-state index contributed by atoms with van der Waals surface area (Å²) in [5.74, 6) is -0.949. The van der Waals surface area contributed by atoms with Crippen molar-refractivity contribution in [1.29, 1.82) is 0 Å². The van der Waals surface area contributed by atoms with Crippen LogP contribution < -0.4 is 10.6 Å². The second-order valence-corrected chi connectivity index (χ2v) is 6.73. The van der Waals surface area contributed by atoms with Gasteiger partial charge in [-0.3, -0.25) is 9.59 Å². The van der Waals surface area contributed by atoms with Crippen LogP contribution in [0, 0.1) is 0 Å². The van der Waals surface area contributed by atoms with E-state index in [0.29, 0.717) is 5.56 Å². The third-order valence-corrected chi connectivity index (χ3v) is 4.36. The lowest BCUT2D eigenvalue weighted by Crippen LogP contribution is -2.18. The van der Waals surface area contributed by atoms with Crippen LogP contribution >= 0.6 is 0 Å². The van der Waals surface area contributed by atoms with Crippen LogP contribution in [0.2, 0.25) is 0 Å². The maximum Gasteiger partial charge on any atom is 0.416 e. The van der Waals surface area contributed by atoms with Crippen molar-refractivity contribution in [3.63, 3.8) is 0 Å². The number of amides is 2. The monoisotopic (exact) mass is 412 g/mol. The summed E-state index contributed by atoms with van der Waals surface area (Å²) in [6.45, 7) is 1.23. The fourth-order valence-electron chi connectivity index (χ4n) is 2.95. The number of rotatable bonds is 5. The van der Waals surface area contributed by atoms with E-state index in [0.717, 1.165) is 29.3 Å². The largest absolute Gasteiger partial charge is 0.416 e. The lowest BCUT2D eigenvalue weighted by atomic mass is 10.0. The highest BCUT2D eigenvalue weighted by molar-refractivity contribution is 5.99. The molecule has 2 amide bonds. The van der Waals surface area contributed by atoms with Crippen LogP contribution in [0.5, 0.6) is 0 Å². The molecule has 0 aliphatic heterocycles. The van der Waals surface area contributed by atoms with E-state index in [2.05, 4.69) is 10.6 Å². The minimum atomic E-state index is -4.57. The summed E-state index contributed by atoms with van der Waals surface area (Å²) >= 11 is 0. The summed E-state index contributed by atoms with van der Waals surface area (Å²) in [7, 11) is 0. The standard InChI is InChI=1S/C23H19F3N2O2/c1-15(29)27-20-12-11-19(23(24,25)26)14-21(20)28-22(30)13-16-7-9-18(10-8-16)17-5-3-2-4-6-17/h2-12,14H,13H2,1H3,(H,27,29)(H,28,30). The molecule has 0 bridgehead atoms. The number of carbonyl (C=O) groups is 2. The number of nitrogens with one attached hydrogen (secondary N) is 2. The average molecular weight is 412 g/mol. The van der Waals surface area contributed by atoms with Crippen molar-refractivity contribution >= 4 is 23.2 Å². The average Bonchev–Trinajstić information content (AvgIpc) is 2.69. The van der Waals surface area contributed by atoms with Crippen LogP contribution in [-0.4, -0.2) is 11.8 Å². The van der Waals surface area contributed by atoms with Crippen molar-refractivity contribution in [2.45, 2.75) is 19.5 Å². The van der Waals surface area contributed by atoms with Crippen molar-refractivity contribution in [3.8, 4) is 11.1 Å². The Labute approximate surface area is 171 Å². The van der Waals surface area contributed by atoms with E-state index in [1.54, 1.807) is 12.1 Å². The zero-order valence-electron chi connectivity index (χ0n) is 16.1. The van der Waals surface area contributed by atoms with E-state index in [9.17, 15) is 22.8 Å². The van der Waals surface area contributed by atoms with E-state index in [1.807, 2.05) is 42.5 Å². The quantitative estimate of drug-likeness (QED) is 0.580. The first-order valence-electron chi connectivity index (χ1n) is 9.15. The summed E-state index contributed by atoms with van der Waals surface area (Å²) in [6, 6.07) is 19.8. The molecule has 3 aromatic carbocycles. The number of alkyl halides is 3. The Morgan fingerprint density at radius 2 is 1.43 bits per heavy atom. The Bertz CT molecular complexity index is 1050. The normalized spacial score (nSPS) is 11.1. The molecule has 4 nitrogen and oxygen atoms in total.